The second-order valence-electron chi connectivity index (χ2n) is 7.34. The molecule has 24 heavy (non-hydrogen) atoms. The van der Waals surface area contributed by atoms with Crippen molar-refractivity contribution in [1.82, 2.24) is 4.90 Å². The largest absolute Gasteiger partial charge is 0.465 e. The monoisotopic (exact) mass is 325 g/mol. The molecule has 2 atom stereocenters. The molecule has 1 saturated carbocycles. The molecule has 0 unspecified atom stereocenters. The van der Waals surface area contributed by atoms with E-state index >= 15 is 0 Å². The third kappa shape index (κ3) is 3.90. The fourth-order valence-electron chi connectivity index (χ4n) is 3.71. The third-order valence-electron chi connectivity index (χ3n) is 5.28. The summed E-state index contributed by atoms with van der Waals surface area (Å²) in [6, 6.07) is 15.4. The minimum absolute atomic E-state index is 0.349. The van der Waals surface area contributed by atoms with Gasteiger partial charge in [0, 0.05) is 19.2 Å². The Balaban J connectivity index is 1.46. The zero-order valence-electron chi connectivity index (χ0n) is 14.5. The first-order chi connectivity index (χ1) is 11.8. The zero-order valence-corrected chi connectivity index (χ0v) is 14.5. The average molecular weight is 325 g/mol. The first kappa shape index (κ1) is 15.9. The molecule has 1 saturated heterocycles. The molecule has 1 aromatic heterocycles. The van der Waals surface area contributed by atoms with E-state index < -0.39 is 0 Å². The van der Waals surface area contributed by atoms with Crippen LogP contribution in [0.3, 0.4) is 0 Å². The van der Waals surface area contributed by atoms with Crippen LogP contribution in [-0.4, -0.2) is 30.2 Å². The van der Waals surface area contributed by atoms with Crippen molar-refractivity contribution in [2.24, 2.45) is 5.92 Å². The molecule has 2 fully saturated rings. The molecular formula is C21H27NO2. The van der Waals surface area contributed by atoms with E-state index in [1.165, 1.54) is 18.4 Å². The van der Waals surface area contributed by atoms with Crippen molar-refractivity contribution in [3.8, 4) is 0 Å². The van der Waals surface area contributed by atoms with Crippen LogP contribution < -0.4 is 0 Å². The van der Waals surface area contributed by atoms with Gasteiger partial charge in [-0.1, -0.05) is 30.3 Å². The van der Waals surface area contributed by atoms with Gasteiger partial charge < -0.3 is 9.15 Å². The Kier molecular flexibility index (Phi) is 4.72. The maximum Gasteiger partial charge on any atom is 0.118 e. The Labute approximate surface area is 144 Å². The van der Waals surface area contributed by atoms with Crippen molar-refractivity contribution in [3.63, 3.8) is 0 Å². The highest BCUT2D eigenvalue weighted by Crippen LogP contribution is 2.32. The molecule has 0 bridgehead atoms. The molecule has 0 N–H and O–H groups in total. The Morgan fingerprint density at radius 3 is 2.62 bits per heavy atom. The zero-order chi connectivity index (χ0) is 16.4. The lowest BCUT2D eigenvalue weighted by molar-refractivity contribution is 0.0187. The molecule has 2 aromatic rings. The lowest BCUT2D eigenvalue weighted by Gasteiger charge is -2.28. The van der Waals surface area contributed by atoms with Gasteiger partial charge in [-0.15, -0.1) is 0 Å². The number of likely N-dealkylation sites (tertiary alicyclic amines) is 1. The summed E-state index contributed by atoms with van der Waals surface area (Å²) in [5.41, 5.74) is 1.39. The Bertz CT molecular complexity index is 647. The van der Waals surface area contributed by atoms with Gasteiger partial charge in [-0.3, -0.25) is 4.90 Å². The second-order valence-corrected chi connectivity index (χ2v) is 7.34. The predicted octanol–water partition coefficient (Wildman–Crippen LogP) is 4.20. The highest BCUT2D eigenvalue weighted by Gasteiger charge is 2.36. The van der Waals surface area contributed by atoms with Gasteiger partial charge in [0.1, 0.15) is 11.5 Å². The van der Waals surface area contributed by atoms with Gasteiger partial charge in [-0.05, 0) is 56.2 Å². The third-order valence-corrected chi connectivity index (χ3v) is 5.28. The van der Waals surface area contributed by atoms with Gasteiger partial charge in [0.05, 0.1) is 12.6 Å². The summed E-state index contributed by atoms with van der Waals surface area (Å²) in [5, 5.41) is 0. The summed E-state index contributed by atoms with van der Waals surface area (Å²) in [6.45, 7) is 4.93. The van der Waals surface area contributed by atoms with Gasteiger partial charge in [0.15, 0.2) is 0 Å². The lowest BCUT2D eigenvalue weighted by Crippen LogP contribution is -2.38. The SMILES string of the molecule is Cc1ccc(CN2CC[C@@H](OCC3CC3)[C@H]2Cc2ccccc2)o1. The van der Waals surface area contributed by atoms with Crippen molar-refractivity contribution < 1.29 is 9.15 Å². The van der Waals surface area contributed by atoms with Crippen molar-refractivity contribution in [2.45, 2.75) is 51.3 Å². The summed E-state index contributed by atoms with van der Waals surface area (Å²) in [4.78, 5) is 2.54. The molecule has 0 amide bonds. The van der Waals surface area contributed by atoms with E-state index in [4.69, 9.17) is 9.15 Å². The van der Waals surface area contributed by atoms with Crippen LogP contribution in [0.4, 0.5) is 0 Å². The van der Waals surface area contributed by atoms with Crippen LogP contribution in [0.5, 0.6) is 0 Å². The number of nitrogens with zero attached hydrogens (tertiary/aromatic N) is 1. The van der Waals surface area contributed by atoms with E-state index in [2.05, 4.69) is 47.4 Å². The Hall–Kier alpha value is -1.58. The van der Waals surface area contributed by atoms with Gasteiger partial charge in [-0.2, -0.15) is 0 Å². The van der Waals surface area contributed by atoms with Crippen LogP contribution in [-0.2, 0) is 17.7 Å². The maximum absolute atomic E-state index is 6.31. The van der Waals surface area contributed by atoms with E-state index in [1.54, 1.807) is 0 Å². The van der Waals surface area contributed by atoms with Gasteiger partial charge >= 0.3 is 0 Å². The van der Waals surface area contributed by atoms with Crippen LogP contribution in [0, 0.1) is 12.8 Å². The normalized spacial score (nSPS) is 24.5. The number of hydrogen-bond donors (Lipinski definition) is 0. The smallest absolute Gasteiger partial charge is 0.118 e. The Morgan fingerprint density at radius 2 is 1.92 bits per heavy atom. The average Bonchev–Trinajstić information content (AvgIpc) is 3.23. The summed E-state index contributed by atoms with van der Waals surface area (Å²) in [5.74, 6) is 2.88. The summed E-state index contributed by atoms with van der Waals surface area (Å²) < 4.78 is 12.1. The number of benzene rings is 1. The molecule has 2 aliphatic rings. The second kappa shape index (κ2) is 7.12. The first-order valence-electron chi connectivity index (χ1n) is 9.23. The summed E-state index contributed by atoms with van der Waals surface area (Å²) in [6.07, 6.45) is 5.23. The number of rotatable bonds is 7. The standard InChI is InChI=1S/C21H27NO2/c1-16-7-10-19(24-16)14-22-12-11-21(23-15-18-8-9-18)20(22)13-17-5-3-2-4-6-17/h2-7,10,18,20-21H,8-9,11-15H2,1H3/t20-,21-/m1/s1. The highest BCUT2D eigenvalue weighted by atomic mass is 16.5. The summed E-state index contributed by atoms with van der Waals surface area (Å²) >= 11 is 0. The van der Waals surface area contributed by atoms with Gasteiger partial charge in [0.2, 0.25) is 0 Å². The van der Waals surface area contributed by atoms with Crippen molar-refractivity contribution in [2.75, 3.05) is 13.2 Å². The molecule has 4 rings (SSSR count). The van der Waals surface area contributed by atoms with E-state index in [-0.39, 0.29) is 0 Å². The quantitative estimate of drug-likeness (QED) is 0.763. The van der Waals surface area contributed by atoms with Crippen molar-refractivity contribution in [1.29, 1.82) is 0 Å². The van der Waals surface area contributed by atoms with Crippen molar-refractivity contribution >= 4 is 0 Å². The molecule has 0 spiro atoms. The van der Waals surface area contributed by atoms with Gasteiger partial charge in [-0.25, -0.2) is 0 Å². The molecule has 2 heterocycles. The number of ether oxygens (including phenoxy) is 1. The minimum atomic E-state index is 0.349. The van der Waals surface area contributed by atoms with E-state index in [9.17, 15) is 0 Å². The maximum atomic E-state index is 6.31. The topological polar surface area (TPSA) is 25.6 Å². The van der Waals surface area contributed by atoms with Crippen LogP contribution in [0.1, 0.15) is 36.3 Å². The fourth-order valence-corrected chi connectivity index (χ4v) is 3.71. The minimum Gasteiger partial charge on any atom is -0.465 e. The molecule has 1 aliphatic heterocycles. The molecule has 3 heteroatoms. The number of hydrogen-bond acceptors (Lipinski definition) is 3. The van der Waals surface area contributed by atoms with Crippen LogP contribution in [0.2, 0.25) is 0 Å². The fraction of sp³-hybridized carbons (Fsp3) is 0.524. The van der Waals surface area contributed by atoms with Crippen LogP contribution >= 0.6 is 0 Å². The molecule has 3 nitrogen and oxygen atoms in total. The first-order valence-corrected chi connectivity index (χ1v) is 9.23. The Morgan fingerprint density at radius 1 is 1.08 bits per heavy atom. The molecule has 128 valence electrons. The predicted molar refractivity (Wildman–Crippen MR) is 94.9 cm³/mol. The molecular weight excluding hydrogens is 298 g/mol. The molecule has 0 radical (unpaired) electrons. The van der Waals surface area contributed by atoms with Crippen LogP contribution in [0.15, 0.2) is 46.9 Å². The number of furan rings is 1. The molecule has 1 aromatic carbocycles. The highest BCUT2D eigenvalue weighted by molar-refractivity contribution is 5.17. The summed E-state index contributed by atoms with van der Waals surface area (Å²) in [7, 11) is 0. The van der Waals surface area contributed by atoms with E-state index in [0.29, 0.717) is 12.1 Å². The van der Waals surface area contributed by atoms with Crippen LogP contribution in [0.25, 0.3) is 0 Å². The number of aryl methyl sites for hydroxylation is 1. The van der Waals surface area contributed by atoms with Gasteiger partial charge in [0.25, 0.3) is 0 Å². The van der Waals surface area contributed by atoms with Crippen molar-refractivity contribution in [3.05, 3.63) is 59.5 Å². The van der Waals surface area contributed by atoms with E-state index in [0.717, 1.165) is 50.0 Å². The molecule has 1 aliphatic carbocycles. The lowest BCUT2D eigenvalue weighted by atomic mass is 10.0. The van der Waals surface area contributed by atoms with E-state index in [1.807, 2.05) is 6.92 Å².